The van der Waals surface area contributed by atoms with Crippen molar-refractivity contribution in [3.8, 4) is 0 Å². The molecule has 0 radical (unpaired) electrons. The molecule has 3 aliphatic rings. The Labute approximate surface area is 152 Å². The van der Waals surface area contributed by atoms with Crippen LogP contribution in [0.15, 0.2) is 18.3 Å². The van der Waals surface area contributed by atoms with Crippen LogP contribution in [0.25, 0.3) is 0 Å². The maximum Gasteiger partial charge on any atom is 0.256 e. The summed E-state index contributed by atoms with van der Waals surface area (Å²) in [5.41, 5.74) is 0.0592. The third kappa shape index (κ3) is 2.51. The normalized spacial score (nSPS) is 24.7. The number of carbonyl (C=O) groups is 3. The van der Waals surface area contributed by atoms with E-state index >= 15 is 0 Å². The molecule has 1 aromatic heterocycles. The number of nitrogens with zero attached hydrogens (tertiary/aromatic N) is 4. The standard InChI is InChI=1S/C18H23N5O3/c1-21-11-12(10-14(21)24)17(26)23-8-5-18(6-9-23)20-16(25)13-4-3-7-19-15(13)22(18)2/h3-4,7,12H,5-6,8-11H2,1-2H3,(H,20,25)/t12-/m0/s1. The van der Waals surface area contributed by atoms with Gasteiger partial charge in [0.25, 0.3) is 5.91 Å². The molecule has 0 saturated carbocycles. The van der Waals surface area contributed by atoms with Crippen molar-refractivity contribution >= 4 is 23.5 Å². The Bertz CT molecular complexity index is 772. The average Bonchev–Trinajstić information content (AvgIpc) is 2.99. The van der Waals surface area contributed by atoms with E-state index in [0.29, 0.717) is 50.3 Å². The third-order valence-corrected chi connectivity index (χ3v) is 5.93. The number of aromatic nitrogens is 1. The monoisotopic (exact) mass is 357 g/mol. The number of likely N-dealkylation sites (tertiary alicyclic amines) is 2. The number of hydrogen-bond acceptors (Lipinski definition) is 5. The highest BCUT2D eigenvalue weighted by Gasteiger charge is 2.46. The van der Waals surface area contributed by atoms with Crippen molar-refractivity contribution in [2.45, 2.75) is 24.9 Å². The van der Waals surface area contributed by atoms with Gasteiger partial charge in [-0.2, -0.15) is 0 Å². The molecule has 1 atom stereocenters. The molecule has 4 rings (SSSR count). The fourth-order valence-electron chi connectivity index (χ4n) is 4.25. The van der Waals surface area contributed by atoms with Crippen LogP contribution in [-0.4, -0.2) is 71.9 Å². The lowest BCUT2D eigenvalue weighted by atomic mass is 9.91. The van der Waals surface area contributed by atoms with E-state index < -0.39 is 5.66 Å². The summed E-state index contributed by atoms with van der Waals surface area (Å²) in [4.78, 5) is 46.8. The quantitative estimate of drug-likeness (QED) is 0.768. The van der Waals surface area contributed by atoms with Crippen LogP contribution in [0.4, 0.5) is 5.82 Å². The van der Waals surface area contributed by atoms with Crippen LogP contribution >= 0.6 is 0 Å². The molecule has 0 aromatic carbocycles. The molecule has 3 aliphatic heterocycles. The van der Waals surface area contributed by atoms with Crippen LogP contribution in [0.1, 0.15) is 29.6 Å². The van der Waals surface area contributed by atoms with Gasteiger partial charge in [0.05, 0.1) is 11.5 Å². The smallest absolute Gasteiger partial charge is 0.256 e. The molecule has 1 aromatic rings. The second kappa shape index (κ2) is 5.96. The van der Waals surface area contributed by atoms with E-state index in [0.717, 1.165) is 0 Å². The van der Waals surface area contributed by atoms with E-state index in [1.807, 2.05) is 16.8 Å². The summed E-state index contributed by atoms with van der Waals surface area (Å²) >= 11 is 0. The predicted octanol–water partition coefficient (Wildman–Crippen LogP) is 0.0582. The van der Waals surface area contributed by atoms with Crippen LogP contribution < -0.4 is 10.2 Å². The molecule has 0 bridgehead atoms. The van der Waals surface area contributed by atoms with Gasteiger partial charge in [0.2, 0.25) is 11.8 Å². The molecule has 1 N–H and O–H groups in total. The lowest BCUT2D eigenvalue weighted by molar-refractivity contribution is -0.137. The summed E-state index contributed by atoms with van der Waals surface area (Å²) in [6, 6.07) is 3.53. The molecular weight excluding hydrogens is 334 g/mol. The van der Waals surface area contributed by atoms with Gasteiger partial charge in [-0.3, -0.25) is 14.4 Å². The summed E-state index contributed by atoms with van der Waals surface area (Å²) in [5.74, 6) is 0.385. The highest BCUT2D eigenvalue weighted by Crippen LogP contribution is 2.35. The van der Waals surface area contributed by atoms with E-state index in [2.05, 4.69) is 10.3 Å². The lowest BCUT2D eigenvalue weighted by Gasteiger charge is -2.50. The Kier molecular flexibility index (Phi) is 3.86. The number of pyridine rings is 1. The fraction of sp³-hybridized carbons (Fsp3) is 0.556. The largest absolute Gasteiger partial charge is 0.345 e. The van der Waals surface area contributed by atoms with E-state index in [1.54, 1.807) is 30.3 Å². The van der Waals surface area contributed by atoms with E-state index in [-0.39, 0.29) is 23.6 Å². The Morgan fingerprint density at radius 1 is 1.27 bits per heavy atom. The van der Waals surface area contributed by atoms with Gasteiger partial charge in [0, 0.05) is 59.2 Å². The Morgan fingerprint density at radius 2 is 2.00 bits per heavy atom. The van der Waals surface area contributed by atoms with Gasteiger partial charge in [-0.05, 0) is 12.1 Å². The highest BCUT2D eigenvalue weighted by molar-refractivity contribution is 6.01. The van der Waals surface area contributed by atoms with Crippen LogP contribution in [0.3, 0.4) is 0 Å². The van der Waals surface area contributed by atoms with Crippen LogP contribution in [0.5, 0.6) is 0 Å². The third-order valence-electron chi connectivity index (χ3n) is 5.93. The average molecular weight is 357 g/mol. The number of carbonyl (C=O) groups excluding carboxylic acids is 3. The Balaban J connectivity index is 1.47. The first-order valence-electron chi connectivity index (χ1n) is 8.95. The maximum atomic E-state index is 12.7. The first kappa shape index (κ1) is 16.8. The van der Waals surface area contributed by atoms with Crippen molar-refractivity contribution in [1.29, 1.82) is 0 Å². The summed E-state index contributed by atoms with van der Waals surface area (Å²) in [5, 5.41) is 3.13. The van der Waals surface area contributed by atoms with Crippen molar-refractivity contribution in [1.82, 2.24) is 20.1 Å². The number of fused-ring (bicyclic) bond motifs is 1. The minimum Gasteiger partial charge on any atom is -0.345 e. The molecule has 8 nitrogen and oxygen atoms in total. The fourth-order valence-corrected chi connectivity index (χ4v) is 4.25. The SMILES string of the molecule is CN1C[C@@H](C(=O)N2CCC3(CC2)NC(=O)c2cccnc2N3C)CC1=O. The van der Waals surface area contributed by atoms with Gasteiger partial charge in [0.15, 0.2) is 0 Å². The summed E-state index contributed by atoms with van der Waals surface area (Å²) < 4.78 is 0. The van der Waals surface area contributed by atoms with Crippen LogP contribution in [0.2, 0.25) is 0 Å². The molecule has 2 fully saturated rings. The molecule has 8 heteroatoms. The number of anilines is 1. The van der Waals surface area contributed by atoms with Crippen molar-refractivity contribution in [3.63, 3.8) is 0 Å². The first-order chi connectivity index (χ1) is 12.4. The molecular formula is C18H23N5O3. The van der Waals surface area contributed by atoms with Crippen molar-refractivity contribution < 1.29 is 14.4 Å². The molecule has 138 valence electrons. The number of nitrogens with one attached hydrogen (secondary N) is 1. The zero-order valence-corrected chi connectivity index (χ0v) is 15.1. The first-order valence-corrected chi connectivity index (χ1v) is 8.95. The second-order valence-corrected chi connectivity index (χ2v) is 7.42. The van der Waals surface area contributed by atoms with Crippen molar-refractivity contribution in [2.24, 2.45) is 5.92 Å². The van der Waals surface area contributed by atoms with Gasteiger partial charge < -0.3 is 20.0 Å². The van der Waals surface area contributed by atoms with Crippen molar-refractivity contribution in [3.05, 3.63) is 23.9 Å². The van der Waals surface area contributed by atoms with Gasteiger partial charge >= 0.3 is 0 Å². The number of amides is 3. The number of rotatable bonds is 1. The topological polar surface area (TPSA) is 85.8 Å². The van der Waals surface area contributed by atoms with E-state index in [9.17, 15) is 14.4 Å². The molecule has 0 aliphatic carbocycles. The molecule has 1 spiro atoms. The molecule has 4 heterocycles. The molecule has 3 amide bonds. The van der Waals surface area contributed by atoms with E-state index in [1.165, 1.54) is 0 Å². The highest BCUT2D eigenvalue weighted by atomic mass is 16.2. The van der Waals surface area contributed by atoms with E-state index in [4.69, 9.17) is 0 Å². The van der Waals surface area contributed by atoms with Gasteiger partial charge in [-0.25, -0.2) is 4.98 Å². The van der Waals surface area contributed by atoms with Crippen molar-refractivity contribution in [2.75, 3.05) is 38.6 Å². The predicted molar refractivity (Wildman–Crippen MR) is 94.4 cm³/mol. The molecule has 2 saturated heterocycles. The Hall–Kier alpha value is -2.64. The van der Waals surface area contributed by atoms with Crippen LogP contribution in [-0.2, 0) is 9.59 Å². The molecule has 0 unspecified atom stereocenters. The number of piperidine rings is 1. The van der Waals surface area contributed by atoms with Crippen LogP contribution in [0, 0.1) is 5.92 Å². The Morgan fingerprint density at radius 3 is 2.65 bits per heavy atom. The second-order valence-electron chi connectivity index (χ2n) is 7.42. The summed E-state index contributed by atoms with van der Waals surface area (Å²) in [6.45, 7) is 1.60. The minimum atomic E-state index is -0.516. The zero-order chi connectivity index (χ0) is 18.5. The number of hydrogen-bond donors (Lipinski definition) is 1. The summed E-state index contributed by atoms with van der Waals surface area (Å²) in [7, 11) is 3.67. The maximum absolute atomic E-state index is 12.7. The summed E-state index contributed by atoms with van der Waals surface area (Å²) in [6.07, 6.45) is 3.25. The van der Waals surface area contributed by atoms with Gasteiger partial charge in [0.1, 0.15) is 11.5 Å². The minimum absolute atomic E-state index is 0.0267. The zero-order valence-electron chi connectivity index (χ0n) is 15.1. The lowest BCUT2D eigenvalue weighted by Crippen LogP contribution is -2.67. The van der Waals surface area contributed by atoms with Gasteiger partial charge in [-0.1, -0.05) is 0 Å². The van der Waals surface area contributed by atoms with Gasteiger partial charge in [-0.15, -0.1) is 0 Å². The molecule has 26 heavy (non-hydrogen) atoms.